The van der Waals surface area contributed by atoms with Crippen LogP contribution in [0.5, 0.6) is 11.5 Å². The Morgan fingerprint density at radius 2 is 1.95 bits per heavy atom. The quantitative estimate of drug-likeness (QED) is 0.265. The van der Waals surface area contributed by atoms with Gasteiger partial charge in [0, 0.05) is 56.6 Å². The fraction of sp³-hybridized carbons (Fsp3) is 0.467. The normalized spacial score (nSPS) is 15.6. The molecule has 0 aliphatic carbocycles. The number of hydrogen-bond donors (Lipinski definition) is 0. The van der Waals surface area contributed by atoms with Gasteiger partial charge < -0.3 is 23.8 Å². The van der Waals surface area contributed by atoms with Gasteiger partial charge >= 0.3 is 6.03 Å². The molecule has 0 N–H and O–H groups in total. The molecule has 210 valence electrons. The second-order valence-corrected chi connectivity index (χ2v) is 10.7. The molecule has 0 radical (unpaired) electrons. The Morgan fingerprint density at radius 1 is 1.15 bits per heavy atom. The van der Waals surface area contributed by atoms with E-state index < -0.39 is 0 Å². The molecule has 0 bridgehead atoms. The molecule has 3 aromatic rings. The number of aromatic nitrogens is 1. The maximum absolute atomic E-state index is 13.8. The number of likely N-dealkylation sites (N-methyl/N-ethyl adjacent to an activating group) is 1. The molecule has 4 rings (SSSR count). The summed E-state index contributed by atoms with van der Waals surface area (Å²) in [7, 11) is 5.10. The van der Waals surface area contributed by atoms with E-state index in [-0.39, 0.29) is 24.5 Å². The van der Waals surface area contributed by atoms with E-state index in [1.54, 1.807) is 37.2 Å². The second-order valence-electron chi connectivity index (χ2n) is 10.3. The van der Waals surface area contributed by atoms with Crippen LogP contribution in [0.25, 0.3) is 10.9 Å². The van der Waals surface area contributed by atoms with Crippen LogP contribution < -0.4 is 14.4 Å². The standard InChI is InChI=1S/C30H39ClN4O4/c1-6-7-8-16-39-27-17-23(12-13-26(27)38-5)34-15-14-21(2)35(30(34)37)18-22-10-9-11-25-29(22)24(31)19-33(25)20-28(36)32(3)4/h9-13,17,19,21H,6-8,14-16,18,20H2,1-5H3/t21-/m0/s1. The molecule has 1 aromatic heterocycles. The number of ether oxygens (including phenoxy) is 2. The van der Waals surface area contributed by atoms with Crippen molar-refractivity contribution in [2.75, 3.05) is 39.3 Å². The topological polar surface area (TPSA) is 67.2 Å². The molecule has 9 heteroatoms. The third-order valence-corrected chi connectivity index (χ3v) is 7.62. The predicted octanol–water partition coefficient (Wildman–Crippen LogP) is 6.18. The van der Waals surface area contributed by atoms with Gasteiger partial charge in [-0.1, -0.05) is 43.5 Å². The van der Waals surface area contributed by atoms with Crippen molar-refractivity contribution in [3.8, 4) is 11.5 Å². The van der Waals surface area contributed by atoms with E-state index in [0.29, 0.717) is 36.2 Å². The highest BCUT2D eigenvalue weighted by atomic mass is 35.5. The van der Waals surface area contributed by atoms with E-state index in [1.807, 2.05) is 45.9 Å². The summed E-state index contributed by atoms with van der Waals surface area (Å²) < 4.78 is 13.4. The summed E-state index contributed by atoms with van der Waals surface area (Å²) in [6.45, 7) is 6.07. The van der Waals surface area contributed by atoms with Crippen molar-refractivity contribution in [3.05, 3.63) is 53.2 Å². The first-order valence-corrected chi connectivity index (χ1v) is 14.0. The number of methoxy groups -OCH3 is 1. The van der Waals surface area contributed by atoms with E-state index >= 15 is 0 Å². The van der Waals surface area contributed by atoms with Gasteiger partial charge in [-0.05, 0) is 43.5 Å². The molecule has 39 heavy (non-hydrogen) atoms. The lowest BCUT2D eigenvalue weighted by Crippen LogP contribution is -2.53. The Morgan fingerprint density at radius 3 is 2.67 bits per heavy atom. The van der Waals surface area contributed by atoms with Gasteiger partial charge in [0.05, 0.1) is 24.3 Å². The number of unbranched alkanes of at least 4 members (excludes halogenated alkanes) is 2. The maximum atomic E-state index is 13.8. The van der Waals surface area contributed by atoms with Crippen LogP contribution in [-0.2, 0) is 17.9 Å². The third kappa shape index (κ3) is 6.27. The molecule has 0 saturated carbocycles. The van der Waals surface area contributed by atoms with Crippen LogP contribution in [0.1, 0.15) is 45.1 Å². The average molecular weight is 555 g/mol. The van der Waals surface area contributed by atoms with Crippen molar-refractivity contribution in [1.82, 2.24) is 14.4 Å². The van der Waals surface area contributed by atoms with Gasteiger partial charge in [-0.2, -0.15) is 0 Å². The van der Waals surface area contributed by atoms with Gasteiger partial charge in [-0.3, -0.25) is 9.69 Å². The number of carbonyl (C=O) groups excluding carboxylic acids is 2. The summed E-state index contributed by atoms with van der Waals surface area (Å²) in [6, 6.07) is 11.6. The molecule has 0 spiro atoms. The van der Waals surface area contributed by atoms with E-state index in [9.17, 15) is 9.59 Å². The van der Waals surface area contributed by atoms with Gasteiger partial charge in [0.15, 0.2) is 11.5 Å². The van der Waals surface area contributed by atoms with Crippen molar-refractivity contribution in [3.63, 3.8) is 0 Å². The van der Waals surface area contributed by atoms with Crippen LogP contribution >= 0.6 is 11.6 Å². The van der Waals surface area contributed by atoms with Crippen molar-refractivity contribution in [1.29, 1.82) is 0 Å². The molecule has 2 aromatic carbocycles. The van der Waals surface area contributed by atoms with Crippen molar-refractivity contribution < 1.29 is 19.1 Å². The molecule has 0 unspecified atom stereocenters. The average Bonchev–Trinajstić information content (AvgIpc) is 3.24. The number of rotatable bonds is 11. The number of hydrogen-bond acceptors (Lipinski definition) is 4. The lowest BCUT2D eigenvalue weighted by Gasteiger charge is -2.40. The zero-order valence-corrected chi connectivity index (χ0v) is 24.3. The minimum Gasteiger partial charge on any atom is -0.493 e. The highest BCUT2D eigenvalue weighted by Gasteiger charge is 2.32. The SMILES string of the molecule is CCCCCOc1cc(N2CC[C@H](C)N(Cc3cccc4c3c(Cl)cn4CC(=O)N(C)C)C2=O)ccc1OC. The van der Waals surface area contributed by atoms with Gasteiger partial charge in [-0.15, -0.1) is 0 Å². The molecule has 1 atom stereocenters. The van der Waals surface area contributed by atoms with E-state index in [0.717, 1.165) is 47.8 Å². The minimum absolute atomic E-state index is 0.0161. The smallest absolute Gasteiger partial charge is 0.325 e. The largest absolute Gasteiger partial charge is 0.493 e. The fourth-order valence-electron chi connectivity index (χ4n) is 4.96. The Bertz CT molecular complexity index is 1320. The first-order chi connectivity index (χ1) is 18.7. The van der Waals surface area contributed by atoms with Gasteiger partial charge in [0.2, 0.25) is 5.91 Å². The molecule has 3 amide bonds. The third-order valence-electron chi connectivity index (χ3n) is 7.33. The second kappa shape index (κ2) is 12.6. The Labute approximate surface area is 236 Å². The van der Waals surface area contributed by atoms with Crippen LogP contribution in [0.2, 0.25) is 5.02 Å². The van der Waals surface area contributed by atoms with Gasteiger partial charge in [-0.25, -0.2) is 4.79 Å². The Hall–Kier alpha value is -3.39. The molecule has 2 heterocycles. The Kier molecular flexibility index (Phi) is 9.28. The molecule has 1 saturated heterocycles. The molecule has 1 aliphatic heterocycles. The highest BCUT2D eigenvalue weighted by Crippen LogP contribution is 2.35. The summed E-state index contributed by atoms with van der Waals surface area (Å²) in [4.78, 5) is 31.5. The highest BCUT2D eigenvalue weighted by molar-refractivity contribution is 6.36. The lowest BCUT2D eigenvalue weighted by atomic mass is 10.1. The van der Waals surface area contributed by atoms with Crippen molar-refractivity contribution >= 4 is 40.1 Å². The van der Waals surface area contributed by atoms with Gasteiger partial charge in [0.25, 0.3) is 0 Å². The summed E-state index contributed by atoms with van der Waals surface area (Å²) in [5.41, 5.74) is 2.61. The number of carbonyl (C=O) groups is 2. The fourth-order valence-corrected chi connectivity index (χ4v) is 5.30. The molecule has 1 aliphatic rings. The molecular weight excluding hydrogens is 516 g/mol. The summed E-state index contributed by atoms with van der Waals surface area (Å²) in [5, 5.41) is 1.44. The van der Waals surface area contributed by atoms with E-state index in [4.69, 9.17) is 21.1 Å². The van der Waals surface area contributed by atoms with Crippen molar-refractivity contribution in [2.24, 2.45) is 0 Å². The Balaban J connectivity index is 1.58. The number of benzene rings is 2. The van der Waals surface area contributed by atoms with Crippen molar-refractivity contribution in [2.45, 2.75) is 58.7 Å². The van der Waals surface area contributed by atoms with Crippen LogP contribution in [0.15, 0.2) is 42.6 Å². The number of amides is 3. The molecule has 1 fully saturated rings. The molecule has 8 nitrogen and oxygen atoms in total. The van der Waals surface area contributed by atoms with E-state index in [1.165, 1.54) is 0 Å². The number of nitrogens with zero attached hydrogens (tertiary/aromatic N) is 4. The summed E-state index contributed by atoms with van der Waals surface area (Å²) in [5.74, 6) is 1.29. The minimum atomic E-state index is -0.0637. The number of fused-ring (bicyclic) bond motifs is 1. The summed E-state index contributed by atoms with van der Waals surface area (Å²) in [6.07, 6.45) is 5.81. The lowest BCUT2D eigenvalue weighted by molar-refractivity contribution is -0.129. The number of halogens is 1. The van der Waals surface area contributed by atoms with Crippen LogP contribution in [0.3, 0.4) is 0 Å². The van der Waals surface area contributed by atoms with Crippen LogP contribution in [0.4, 0.5) is 10.5 Å². The first kappa shape index (κ1) is 28.6. The van der Waals surface area contributed by atoms with Gasteiger partial charge in [0.1, 0.15) is 6.54 Å². The van der Waals surface area contributed by atoms with Crippen LogP contribution in [-0.4, -0.2) is 66.7 Å². The van der Waals surface area contributed by atoms with Crippen LogP contribution in [0, 0.1) is 0 Å². The zero-order chi connectivity index (χ0) is 28.1. The van der Waals surface area contributed by atoms with E-state index in [2.05, 4.69) is 13.8 Å². The summed E-state index contributed by atoms with van der Waals surface area (Å²) >= 11 is 6.68. The monoisotopic (exact) mass is 554 g/mol. The number of urea groups is 1. The predicted molar refractivity (Wildman–Crippen MR) is 156 cm³/mol. The zero-order valence-electron chi connectivity index (χ0n) is 23.6. The first-order valence-electron chi connectivity index (χ1n) is 13.6. The number of anilines is 1. The maximum Gasteiger partial charge on any atom is 0.325 e. The molecular formula is C30H39ClN4O4.